The van der Waals surface area contributed by atoms with E-state index in [1.165, 1.54) is 18.8 Å². The number of hydroxylamine groups is 1. The molecule has 0 heterocycles. The Labute approximate surface area is 86.8 Å². The van der Waals surface area contributed by atoms with Gasteiger partial charge in [-0.3, -0.25) is 0 Å². The molecule has 0 saturated carbocycles. The lowest BCUT2D eigenvalue weighted by Gasteiger charge is -2.04. The fourth-order valence-corrected chi connectivity index (χ4v) is 1.78. The molecule has 1 aromatic rings. The SMILES string of the molecule is CS/C(c1ccc(Cl)cc1)=[N+](/C)[O-]. The van der Waals surface area contributed by atoms with Gasteiger partial charge in [-0.1, -0.05) is 23.4 Å². The van der Waals surface area contributed by atoms with Crippen LogP contribution >= 0.6 is 23.4 Å². The Bertz CT molecular complexity index is 317. The summed E-state index contributed by atoms with van der Waals surface area (Å²) >= 11 is 7.16. The van der Waals surface area contributed by atoms with Crippen LogP contribution in [0.15, 0.2) is 24.3 Å². The largest absolute Gasteiger partial charge is 0.623 e. The lowest BCUT2D eigenvalue weighted by Crippen LogP contribution is -2.08. The molecule has 0 aliphatic heterocycles. The fraction of sp³-hybridized carbons (Fsp3) is 0.222. The molecule has 0 aliphatic rings. The zero-order valence-electron chi connectivity index (χ0n) is 7.45. The zero-order chi connectivity index (χ0) is 9.84. The van der Waals surface area contributed by atoms with Crippen LogP contribution in [0.5, 0.6) is 0 Å². The van der Waals surface area contributed by atoms with Crippen molar-refractivity contribution in [1.29, 1.82) is 0 Å². The third-order valence-corrected chi connectivity index (χ3v) is 2.70. The quantitative estimate of drug-likeness (QED) is 0.237. The molecule has 0 aromatic heterocycles. The maximum Gasteiger partial charge on any atom is 0.252 e. The maximum absolute atomic E-state index is 11.1. The number of benzene rings is 1. The highest BCUT2D eigenvalue weighted by Crippen LogP contribution is 2.14. The number of thioether (sulfide) groups is 1. The number of hydrogen-bond donors (Lipinski definition) is 0. The molecule has 1 rings (SSSR count). The highest BCUT2D eigenvalue weighted by atomic mass is 35.5. The Balaban J connectivity index is 3.07. The summed E-state index contributed by atoms with van der Waals surface area (Å²) in [5.74, 6) is 0. The van der Waals surface area contributed by atoms with Crippen LogP contribution in [-0.2, 0) is 0 Å². The molecule has 0 bridgehead atoms. The number of nitrogens with zero attached hydrogens (tertiary/aromatic N) is 1. The lowest BCUT2D eigenvalue weighted by atomic mass is 10.2. The first-order chi connectivity index (χ1) is 6.15. The molecule has 1 aromatic carbocycles. The summed E-state index contributed by atoms with van der Waals surface area (Å²) in [6, 6.07) is 7.22. The molecule has 0 spiro atoms. The zero-order valence-corrected chi connectivity index (χ0v) is 9.02. The summed E-state index contributed by atoms with van der Waals surface area (Å²) in [4.78, 5) is 0. The highest BCUT2D eigenvalue weighted by molar-refractivity contribution is 8.13. The summed E-state index contributed by atoms with van der Waals surface area (Å²) < 4.78 is 0.855. The van der Waals surface area contributed by atoms with Crippen LogP contribution in [0, 0.1) is 5.21 Å². The van der Waals surface area contributed by atoms with E-state index in [9.17, 15) is 5.21 Å². The van der Waals surface area contributed by atoms with Gasteiger partial charge in [-0.25, -0.2) is 4.74 Å². The molecule has 0 saturated heterocycles. The second-order valence-electron chi connectivity index (χ2n) is 2.51. The molecule has 0 aliphatic carbocycles. The van der Waals surface area contributed by atoms with Gasteiger partial charge in [0.25, 0.3) is 5.04 Å². The van der Waals surface area contributed by atoms with Crippen LogP contribution in [0.1, 0.15) is 5.56 Å². The molecule has 0 radical (unpaired) electrons. The van der Waals surface area contributed by atoms with Crippen molar-refractivity contribution in [2.75, 3.05) is 13.3 Å². The van der Waals surface area contributed by atoms with Crippen LogP contribution in [0.25, 0.3) is 0 Å². The summed E-state index contributed by atoms with van der Waals surface area (Å²) in [7, 11) is 1.49. The van der Waals surface area contributed by atoms with Gasteiger partial charge in [0.15, 0.2) is 0 Å². The number of rotatable bonds is 1. The van der Waals surface area contributed by atoms with Crippen molar-refractivity contribution in [3.8, 4) is 0 Å². The monoisotopic (exact) mass is 215 g/mol. The molecule has 0 amide bonds. The summed E-state index contributed by atoms with van der Waals surface area (Å²) in [5.41, 5.74) is 0.898. The van der Waals surface area contributed by atoms with Crippen LogP contribution in [-0.4, -0.2) is 23.1 Å². The van der Waals surface area contributed by atoms with Gasteiger partial charge >= 0.3 is 0 Å². The molecule has 70 valence electrons. The van der Waals surface area contributed by atoms with Crippen LogP contribution in [0.4, 0.5) is 0 Å². The maximum atomic E-state index is 11.1. The van der Waals surface area contributed by atoms with E-state index in [-0.39, 0.29) is 0 Å². The summed E-state index contributed by atoms with van der Waals surface area (Å²) in [6.45, 7) is 0. The normalized spacial score (nSPS) is 12.5. The van der Waals surface area contributed by atoms with Gasteiger partial charge in [0, 0.05) is 5.02 Å². The predicted octanol–water partition coefficient (Wildman–Crippen LogP) is 2.59. The molecule has 0 fully saturated rings. The topological polar surface area (TPSA) is 26.1 Å². The van der Waals surface area contributed by atoms with Gasteiger partial charge in [0.1, 0.15) is 7.05 Å². The third kappa shape index (κ3) is 2.64. The van der Waals surface area contributed by atoms with E-state index < -0.39 is 0 Å². The van der Waals surface area contributed by atoms with Crippen molar-refractivity contribution in [3.05, 3.63) is 40.1 Å². The Kier molecular flexibility index (Phi) is 3.63. The molecule has 0 atom stereocenters. The molecule has 4 heteroatoms. The van der Waals surface area contributed by atoms with E-state index in [0.717, 1.165) is 10.3 Å². The minimum Gasteiger partial charge on any atom is -0.623 e. The van der Waals surface area contributed by atoms with Crippen molar-refractivity contribution >= 4 is 28.4 Å². The average Bonchev–Trinajstić information content (AvgIpc) is 2.09. The van der Waals surface area contributed by atoms with Gasteiger partial charge in [-0.05, 0) is 30.5 Å². The Hall–Kier alpha value is -0.670. The molecular formula is C9H10ClNOS. The average molecular weight is 216 g/mol. The van der Waals surface area contributed by atoms with E-state index in [4.69, 9.17) is 11.6 Å². The first-order valence-electron chi connectivity index (χ1n) is 3.73. The second-order valence-corrected chi connectivity index (χ2v) is 3.75. The summed E-state index contributed by atoms with van der Waals surface area (Å²) in [5, 5.41) is 12.5. The first-order valence-corrected chi connectivity index (χ1v) is 5.33. The van der Waals surface area contributed by atoms with Crippen molar-refractivity contribution in [1.82, 2.24) is 0 Å². The predicted molar refractivity (Wildman–Crippen MR) is 58.6 cm³/mol. The molecule has 0 N–H and O–H groups in total. The second kappa shape index (κ2) is 4.53. The van der Waals surface area contributed by atoms with E-state index in [2.05, 4.69) is 0 Å². The van der Waals surface area contributed by atoms with Crippen molar-refractivity contribution in [3.63, 3.8) is 0 Å². The number of halogens is 1. The first kappa shape index (κ1) is 10.4. The smallest absolute Gasteiger partial charge is 0.252 e. The Morgan fingerprint density at radius 2 is 1.92 bits per heavy atom. The number of hydrogen-bond acceptors (Lipinski definition) is 2. The fourth-order valence-electron chi connectivity index (χ4n) is 1.02. The minimum absolute atomic E-state index is 0.678. The van der Waals surface area contributed by atoms with E-state index in [0.29, 0.717) is 10.1 Å². The molecule has 0 unspecified atom stereocenters. The van der Waals surface area contributed by atoms with E-state index >= 15 is 0 Å². The van der Waals surface area contributed by atoms with E-state index in [1.807, 2.05) is 18.4 Å². The van der Waals surface area contributed by atoms with Crippen LogP contribution in [0.3, 0.4) is 0 Å². The minimum atomic E-state index is 0.678. The van der Waals surface area contributed by atoms with Gasteiger partial charge in [-0.2, -0.15) is 0 Å². The standard InChI is InChI=1S/C9H10ClNOS/c1-11(12)9(13-2)7-3-5-8(10)6-4-7/h3-6H,1-2H3/b11-9-. The Morgan fingerprint density at radius 3 is 2.31 bits per heavy atom. The molecular weight excluding hydrogens is 206 g/mol. The van der Waals surface area contributed by atoms with E-state index in [1.54, 1.807) is 12.1 Å². The van der Waals surface area contributed by atoms with Crippen molar-refractivity contribution in [2.45, 2.75) is 0 Å². The van der Waals surface area contributed by atoms with Gasteiger partial charge < -0.3 is 5.21 Å². The van der Waals surface area contributed by atoms with Gasteiger partial charge in [0.05, 0.1) is 5.56 Å². The summed E-state index contributed by atoms with van der Waals surface area (Å²) in [6.07, 6.45) is 1.87. The molecule has 13 heavy (non-hydrogen) atoms. The Morgan fingerprint density at radius 1 is 1.38 bits per heavy atom. The van der Waals surface area contributed by atoms with Crippen molar-refractivity contribution < 1.29 is 4.74 Å². The van der Waals surface area contributed by atoms with Gasteiger partial charge in [0.2, 0.25) is 0 Å². The van der Waals surface area contributed by atoms with Gasteiger partial charge in [-0.15, -0.1) is 0 Å². The van der Waals surface area contributed by atoms with Crippen molar-refractivity contribution in [2.24, 2.45) is 0 Å². The highest BCUT2D eigenvalue weighted by Gasteiger charge is 2.08. The van der Waals surface area contributed by atoms with Crippen LogP contribution in [0.2, 0.25) is 5.02 Å². The third-order valence-electron chi connectivity index (χ3n) is 1.57. The van der Waals surface area contributed by atoms with Crippen LogP contribution < -0.4 is 0 Å². The lowest BCUT2D eigenvalue weighted by molar-refractivity contribution is -0.418. The molecule has 2 nitrogen and oxygen atoms in total.